The Hall–Kier alpha value is -3.40. The van der Waals surface area contributed by atoms with Crippen LogP contribution in [0.2, 0.25) is 0 Å². The predicted molar refractivity (Wildman–Crippen MR) is 110 cm³/mol. The molecular weight excluding hydrogens is 423 g/mol. The van der Waals surface area contributed by atoms with Gasteiger partial charge >= 0.3 is 6.36 Å². The average molecular weight is 443 g/mol. The lowest BCUT2D eigenvalue weighted by molar-refractivity contribution is -0.274. The number of H-pyrrole nitrogens is 1. The van der Waals surface area contributed by atoms with Crippen LogP contribution in [0.5, 0.6) is 5.75 Å². The van der Waals surface area contributed by atoms with Gasteiger partial charge in [0.2, 0.25) is 0 Å². The van der Waals surface area contributed by atoms with E-state index in [1.165, 1.54) is 24.4 Å². The van der Waals surface area contributed by atoms with Crippen molar-refractivity contribution in [2.24, 2.45) is 0 Å². The van der Waals surface area contributed by atoms with Crippen molar-refractivity contribution in [1.29, 1.82) is 0 Å². The molecule has 10 heteroatoms. The number of fused-ring (bicyclic) bond motifs is 2. The minimum absolute atomic E-state index is 0.127. The molecule has 1 spiro atoms. The van der Waals surface area contributed by atoms with E-state index in [1.54, 1.807) is 18.2 Å². The summed E-state index contributed by atoms with van der Waals surface area (Å²) >= 11 is 0. The van der Waals surface area contributed by atoms with E-state index in [9.17, 15) is 18.0 Å². The summed E-state index contributed by atoms with van der Waals surface area (Å²) in [5.41, 5.74) is 2.97. The first-order valence-corrected chi connectivity index (χ1v) is 10.3. The van der Waals surface area contributed by atoms with Gasteiger partial charge < -0.3 is 20.4 Å². The van der Waals surface area contributed by atoms with Crippen molar-refractivity contribution in [3.05, 3.63) is 53.9 Å². The number of alkyl halides is 3. The van der Waals surface area contributed by atoms with Crippen LogP contribution in [-0.4, -0.2) is 46.9 Å². The van der Waals surface area contributed by atoms with E-state index in [2.05, 4.69) is 30.3 Å². The normalized spacial score (nSPS) is 17.7. The number of hydrogen-bond acceptors (Lipinski definition) is 5. The molecule has 0 saturated carbocycles. The summed E-state index contributed by atoms with van der Waals surface area (Å²) in [4.78, 5) is 24.7. The minimum Gasteiger partial charge on any atom is -0.406 e. The first-order valence-electron chi connectivity index (χ1n) is 10.3. The Labute approximate surface area is 181 Å². The van der Waals surface area contributed by atoms with Crippen LogP contribution in [0, 0.1) is 0 Å². The fourth-order valence-corrected chi connectivity index (χ4v) is 4.44. The standard InChI is InChI=1S/C22H20F3N5O2/c23-22(24,25)32-14-3-1-2-13(10-14)19-27-7-4-16(30-19)17-11-15-18(29-17)21(12-28-20(15)31)5-8-26-9-6-21/h1-4,7,10-11,26,29H,5-6,8-9,12H2,(H,28,31). The van der Waals surface area contributed by atoms with E-state index in [1.807, 2.05) is 0 Å². The molecule has 0 unspecified atom stereocenters. The largest absolute Gasteiger partial charge is 0.573 e. The summed E-state index contributed by atoms with van der Waals surface area (Å²) in [5, 5.41) is 6.35. The molecule has 32 heavy (non-hydrogen) atoms. The van der Waals surface area contributed by atoms with Gasteiger partial charge in [-0.2, -0.15) is 0 Å². The minimum atomic E-state index is -4.78. The monoisotopic (exact) mass is 443 g/mol. The average Bonchev–Trinajstić information content (AvgIpc) is 3.24. The molecule has 3 N–H and O–H groups in total. The van der Waals surface area contributed by atoms with Crippen molar-refractivity contribution in [2.45, 2.75) is 24.6 Å². The Morgan fingerprint density at radius 3 is 2.69 bits per heavy atom. The van der Waals surface area contributed by atoms with E-state index < -0.39 is 6.36 Å². The van der Waals surface area contributed by atoms with Crippen LogP contribution in [0.3, 0.4) is 0 Å². The quantitative estimate of drug-likeness (QED) is 0.577. The molecule has 0 atom stereocenters. The molecule has 5 rings (SSSR count). The molecule has 2 aliphatic heterocycles. The number of amides is 1. The second-order valence-electron chi connectivity index (χ2n) is 8.03. The zero-order chi connectivity index (χ0) is 22.3. The molecule has 2 aliphatic rings. The van der Waals surface area contributed by atoms with Crippen LogP contribution in [-0.2, 0) is 5.41 Å². The Morgan fingerprint density at radius 1 is 1.09 bits per heavy atom. The van der Waals surface area contributed by atoms with Crippen molar-refractivity contribution in [3.63, 3.8) is 0 Å². The summed E-state index contributed by atoms with van der Waals surface area (Å²) in [5.74, 6) is -0.217. The summed E-state index contributed by atoms with van der Waals surface area (Å²) in [7, 11) is 0. The maximum Gasteiger partial charge on any atom is 0.573 e. The Morgan fingerprint density at radius 2 is 1.91 bits per heavy atom. The van der Waals surface area contributed by atoms with Crippen LogP contribution in [0.25, 0.3) is 22.8 Å². The predicted octanol–water partition coefficient (Wildman–Crippen LogP) is 3.40. The number of rotatable bonds is 3. The molecule has 0 radical (unpaired) electrons. The molecule has 0 aliphatic carbocycles. The number of benzene rings is 1. The molecule has 1 amide bonds. The number of nitrogens with one attached hydrogen (secondary N) is 3. The second kappa shape index (κ2) is 7.63. The van der Waals surface area contributed by atoms with Crippen molar-refractivity contribution in [2.75, 3.05) is 19.6 Å². The smallest absolute Gasteiger partial charge is 0.406 e. The van der Waals surface area contributed by atoms with E-state index >= 15 is 0 Å². The Balaban J connectivity index is 1.50. The van der Waals surface area contributed by atoms with Crippen molar-refractivity contribution in [1.82, 2.24) is 25.6 Å². The highest BCUT2D eigenvalue weighted by molar-refractivity contribution is 5.98. The van der Waals surface area contributed by atoms with Gasteiger partial charge in [-0.05, 0) is 50.2 Å². The fourth-order valence-electron chi connectivity index (χ4n) is 4.44. The molecule has 166 valence electrons. The van der Waals surface area contributed by atoms with Gasteiger partial charge in [0.05, 0.1) is 17.0 Å². The van der Waals surface area contributed by atoms with Crippen LogP contribution < -0.4 is 15.4 Å². The number of aromatic nitrogens is 3. The lowest BCUT2D eigenvalue weighted by Crippen LogP contribution is -2.51. The fraction of sp³-hybridized carbons (Fsp3) is 0.318. The highest BCUT2D eigenvalue weighted by atomic mass is 19.4. The van der Waals surface area contributed by atoms with Gasteiger partial charge in [0.25, 0.3) is 5.91 Å². The summed E-state index contributed by atoms with van der Waals surface area (Å²) in [6.07, 6.45) is -1.44. The van der Waals surface area contributed by atoms with E-state index in [0.29, 0.717) is 29.1 Å². The molecule has 1 fully saturated rings. The first kappa shape index (κ1) is 20.5. The van der Waals surface area contributed by atoms with E-state index in [-0.39, 0.29) is 22.9 Å². The number of piperidine rings is 1. The van der Waals surface area contributed by atoms with E-state index in [4.69, 9.17) is 0 Å². The van der Waals surface area contributed by atoms with E-state index in [0.717, 1.165) is 31.6 Å². The van der Waals surface area contributed by atoms with Crippen molar-refractivity contribution >= 4 is 5.91 Å². The number of carbonyl (C=O) groups excluding carboxylic acids is 1. The third-order valence-electron chi connectivity index (χ3n) is 6.00. The summed E-state index contributed by atoms with van der Waals surface area (Å²) in [6.45, 7) is 2.33. The highest BCUT2D eigenvalue weighted by Gasteiger charge is 2.42. The number of nitrogens with zero attached hydrogens (tertiary/aromatic N) is 2. The van der Waals surface area contributed by atoms with Crippen LogP contribution >= 0.6 is 0 Å². The summed E-state index contributed by atoms with van der Waals surface area (Å²) in [6, 6.07) is 9.00. The van der Waals surface area contributed by atoms with Gasteiger partial charge in [-0.1, -0.05) is 12.1 Å². The van der Waals surface area contributed by atoms with Crippen LogP contribution in [0.4, 0.5) is 13.2 Å². The van der Waals surface area contributed by atoms with Gasteiger partial charge in [0, 0.05) is 29.4 Å². The lowest BCUT2D eigenvalue weighted by atomic mass is 9.73. The Kier molecular flexibility index (Phi) is 4.89. The number of aromatic amines is 1. The second-order valence-corrected chi connectivity index (χ2v) is 8.03. The number of hydrogen-bond donors (Lipinski definition) is 3. The Bertz CT molecular complexity index is 1170. The van der Waals surface area contributed by atoms with Gasteiger partial charge in [-0.3, -0.25) is 4.79 Å². The number of halogens is 3. The number of carbonyl (C=O) groups is 1. The maximum absolute atomic E-state index is 12.6. The van der Waals surface area contributed by atoms with Crippen molar-refractivity contribution in [3.8, 4) is 28.5 Å². The molecule has 3 aromatic rings. The molecular formula is C22H20F3N5O2. The molecule has 1 aromatic carbocycles. The first-order chi connectivity index (χ1) is 15.3. The van der Waals surface area contributed by atoms with Gasteiger partial charge in [0.1, 0.15) is 5.75 Å². The van der Waals surface area contributed by atoms with Gasteiger partial charge in [-0.15, -0.1) is 13.2 Å². The molecule has 2 aromatic heterocycles. The van der Waals surface area contributed by atoms with Crippen molar-refractivity contribution < 1.29 is 22.7 Å². The molecule has 4 heterocycles. The maximum atomic E-state index is 12.6. The lowest BCUT2D eigenvalue weighted by Gasteiger charge is -2.40. The third kappa shape index (κ3) is 3.81. The summed E-state index contributed by atoms with van der Waals surface area (Å²) < 4.78 is 41.7. The van der Waals surface area contributed by atoms with Gasteiger partial charge in [-0.25, -0.2) is 9.97 Å². The topological polar surface area (TPSA) is 91.9 Å². The number of ether oxygens (including phenoxy) is 1. The SMILES string of the molecule is O=C1NCC2(CCNCC2)c2[nH]c(-c3ccnc(-c4cccc(OC(F)(F)F)c4)n3)cc21. The molecule has 0 bridgehead atoms. The molecule has 7 nitrogen and oxygen atoms in total. The third-order valence-corrected chi connectivity index (χ3v) is 6.00. The van der Waals surface area contributed by atoms with Crippen LogP contribution in [0.15, 0.2) is 42.6 Å². The van der Waals surface area contributed by atoms with Crippen LogP contribution in [0.1, 0.15) is 28.9 Å². The highest BCUT2D eigenvalue weighted by Crippen LogP contribution is 2.39. The zero-order valence-electron chi connectivity index (χ0n) is 16.9. The zero-order valence-corrected chi connectivity index (χ0v) is 16.9. The molecule has 1 saturated heterocycles. The van der Waals surface area contributed by atoms with Gasteiger partial charge in [0.15, 0.2) is 5.82 Å².